The zero-order valence-corrected chi connectivity index (χ0v) is 23.5. The van der Waals surface area contributed by atoms with Gasteiger partial charge in [-0.15, -0.1) is 0 Å². The molecule has 0 spiro atoms. The van der Waals surface area contributed by atoms with E-state index in [1.807, 2.05) is 28.0 Å². The topological polar surface area (TPSA) is 71.1 Å². The highest BCUT2D eigenvalue weighted by Gasteiger charge is 2.20. The van der Waals surface area contributed by atoms with Gasteiger partial charge in [-0.1, -0.05) is 20.8 Å². The Bertz CT molecular complexity index is 1220. The second-order valence-electron chi connectivity index (χ2n) is 10.2. The Morgan fingerprint density at radius 1 is 0.919 bits per heavy atom. The van der Waals surface area contributed by atoms with Crippen molar-refractivity contribution in [3.8, 4) is 5.88 Å². The fourth-order valence-corrected chi connectivity index (χ4v) is 5.61. The van der Waals surface area contributed by atoms with Crippen LogP contribution in [0.15, 0.2) is 16.9 Å². The molecule has 0 aromatic carbocycles. The molecule has 9 nitrogen and oxygen atoms in total. The summed E-state index contributed by atoms with van der Waals surface area (Å²) in [6, 6.07) is 3.79. The number of nitrogens with zero attached hydrogens (tertiary/aromatic N) is 7. The van der Waals surface area contributed by atoms with Gasteiger partial charge in [-0.25, -0.2) is 4.98 Å². The van der Waals surface area contributed by atoms with Gasteiger partial charge in [0.15, 0.2) is 5.65 Å². The van der Waals surface area contributed by atoms with E-state index < -0.39 is 0 Å². The molecule has 1 aliphatic heterocycles. The number of aromatic nitrogens is 4. The highest BCUT2D eigenvalue weighted by atomic mass is 16.5. The summed E-state index contributed by atoms with van der Waals surface area (Å²) < 4.78 is 9.21. The Morgan fingerprint density at radius 3 is 2.22 bits per heavy atom. The molecule has 0 radical (unpaired) electrons. The monoisotopic (exact) mass is 511 g/mol. The van der Waals surface area contributed by atoms with Crippen molar-refractivity contribution in [2.45, 2.75) is 59.9 Å². The Kier molecular flexibility index (Phi) is 9.56. The highest BCUT2D eigenvalue weighted by Crippen LogP contribution is 2.21. The molecule has 4 heterocycles. The average molecular weight is 512 g/mol. The molecule has 0 unspecified atom stereocenters. The number of rotatable bonds is 13. The van der Waals surface area contributed by atoms with E-state index in [4.69, 9.17) is 9.72 Å². The summed E-state index contributed by atoms with van der Waals surface area (Å²) in [6.45, 7) is 19.3. The maximum absolute atomic E-state index is 13.6. The molecular formula is C28H45N7O2. The minimum Gasteiger partial charge on any atom is -0.481 e. The smallest absolute Gasteiger partial charge is 0.277 e. The van der Waals surface area contributed by atoms with Gasteiger partial charge >= 0.3 is 0 Å². The summed E-state index contributed by atoms with van der Waals surface area (Å²) in [4.78, 5) is 30.8. The number of piperazine rings is 1. The standard InChI is InChI=1S/C28H45N7O2/c1-6-12-31(13-7-2)16-19-33-20-17-32(18-21-33)14-9-15-34-23-10-11-25(37-5)30-27(23)35-24(8-3)29-22(4)26(35)28(34)36/h10-11H,6-9,12-21H2,1-5H3. The molecule has 0 N–H and O–H groups in total. The summed E-state index contributed by atoms with van der Waals surface area (Å²) in [5.41, 5.74) is 2.96. The van der Waals surface area contributed by atoms with Crippen molar-refractivity contribution in [3.05, 3.63) is 34.0 Å². The lowest BCUT2D eigenvalue weighted by Gasteiger charge is -2.36. The Morgan fingerprint density at radius 2 is 1.59 bits per heavy atom. The van der Waals surface area contributed by atoms with E-state index in [0.717, 1.165) is 74.8 Å². The predicted molar refractivity (Wildman–Crippen MR) is 150 cm³/mol. The van der Waals surface area contributed by atoms with Gasteiger partial charge in [0.2, 0.25) is 5.88 Å². The van der Waals surface area contributed by atoms with E-state index in [2.05, 4.69) is 40.5 Å². The molecule has 0 amide bonds. The van der Waals surface area contributed by atoms with Crippen LogP contribution in [-0.4, -0.2) is 99.6 Å². The lowest BCUT2D eigenvalue weighted by molar-refractivity contribution is 0.116. The first-order chi connectivity index (χ1) is 18.0. The van der Waals surface area contributed by atoms with Crippen LogP contribution in [0.25, 0.3) is 16.7 Å². The van der Waals surface area contributed by atoms with E-state index in [9.17, 15) is 4.79 Å². The largest absolute Gasteiger partial charge is 0.481 e. The van der Waals surface area contributed by atoms with E-state index in [1.54, 1.807) is 7.11 Å². The Hall–Kier alpha value is -2.49. The van der Waals surface area contributed by atoms with Crippen LogP contribution in [0.4, 0.5) is 0 Å². The third kappa shape index (κ3) is 6.16. The number of hydrogen-bond donors (Lipinski definition) is 0. The summed E-state index contributed by atoms with van der Waals surface area (Å²) in [5, 5.41) is 0. The zero-order chi connectivity index (χ0) is 26.4. The third-order valence-electron chi connectivity index (χ3n) is 7.56. The van der Waals surface area contributed by atoms with Gasteiger partial charge < -0.3 is 19.1 Å². The normalized spacial score (nSPS) is 15.4. The third-order valence-corrected chi connectivity index (χ3v) is 7.56. The van der Waals surface area contributed by atoms with Gasteiger partial charge in [-0.2, -0.15) is 4.98 Å². The second kappa shape index (κ2) is 12.8. The quantitative estimate of drug-likeness (QED) is 0.349. The number of hydrogen-bond acceptors (Lipinski definition) is 7. The van der Waals surface area contributed by atoms with Crippen LogP contribution in [0, 0.1) is 6.92 Å². The summed E-state index contributed by atoms with van der Waals surface area (Å²) in [7, 11) is 1.62. The molecule has 204 valence electrons. The van der Waals surface area contributed by atoms with Crippen LogP contribution in [-0.2, 0) is 13.0 Å². The van der Waals surface area contributed by atoms with Crippen molar-refractivity contribution in [3.63, 3.8) is 0 Å². The molecule has 9 heteroatoms. The highest BCUT2D eigenvalue weighted by molar-refractivity contribution is 5.77. The van der Waals surface area contributed by atoms with Crippen molar-refractivity contribution < 1.29 is 4.74 Å². The van der Waals surface area contributed by atoms with E-state index in [-0.39, 0.29) is 5.56 Å². The van der Waals surface area contributed by atoms with Crippen LogP contribution in [0.1, 0.15) is 51.6 Å². The van der Waals surface area contributed by atoms with Gasteiger partial charge in [0.05, 0.1) is 18.3 Å². The number of aryl methyl sites for hydroxylation is 3. The molecule has 0 aliphatic carbocycles. The summed E-state index contributed by atoms with van der Waals surface area (Å²) in [5.74, 6) is 1.39. The van der Waals surface area contributed by atoms with Crippen LogP contribution >= 0.6 is 0 Å². The van der Waals surface area contributed by atoms with Gasteiger partial charge in [0.25, 0.3) is 5.56 Å². The maximum atomic E-state index is 13.6. The molecule has 3 aromatic rings. The van der Waals surface area contributed by atoms with Gasteiger partial charge in [-0.3, -0.25) is 14.1 Å². The molecule has 1 fully saturated rings. The van der Waals surface area contributed by atoms with Crippen LogP contribution in [0.3, 0.4) is 0 Å². The van der Waals surface area contributed by atoms with Gasteiger partial charge in [0.1, 0.15) is 11.3 Å². The average Bonchev–Trinajstić information content (AvgIpc) is 3.26. The Balaban J connectivity index is 1.41. The lowest BCUT2D eigenvalue weighted by atomic mass is 10.2. The number of fused-ring (bicyclic) bond motifs is 3. The maximum Gasteiger partial charge on any atom is 0.277 e. The summed E-state index contributed by atoms with van der Waals surface area (Å²) >= 11 is 0. The number of pyridine rings is 1. The predicted octanol–water partition coefficient (Wildman–Crippen LogP) is 3.05. The number of imidazole rings is 1. The van der Waals surface area contributed by atoms with Crippen LogP contribution in [0.5, 0.6) is 5.88 Å². The second-order valence-corrected chi connectivity index (χ2v) is 10.2. The minimum atomic E-state index is 0.0118. The molecule has 0 bridgehead atoms. The van der Waals surface area contributed by atoms with Crippen LogP contribution in [0.2, 0.25) is 0 Å². The molecule has 37 heavy (non-hydrogen) atoms. The zero-order valence-electron chi connectivity index (χ0n) is 23.5. The minimum absolute atomic E-state index is 0.0118. The van der Waals surface area contributed by atoms with Gasteiger partial charge in [0, 0.05) is 58.3 Å². The molecule has 4 rings (SSSR count). The van der Waals surface area contributed by atoms with E-state index in [0.29, 0.717) is 17.9 Å². The van der Waals surface area contributed by atoms with Crippen molar-refractivity contribution in [2.24, 2.45) is 0 Å². The van der Waals surface area contributed by atoms with Crippen LogP contribution < -0.4 is 10.3 Å². The number of ether oxygens (including phenoxy) is 1. The lowest BCUT2D eigenvalue weighted by Crippen LogP contribution is -2.48. The molecule has 1 saturated heterocycles. The SMILES string of the molecule is CCCN(CCC)CCN1CCN(CCCn2c(=O)c3c(C)nc(CC)n3c3nc(OC)ccc32)CC1. The first-order valence-electron chi connectivity index (χ1n) is 14.1. The molecule has 1 aliphatic rings. The fraction of sp³-hybridized carbons (Fsp3) is 0.679. The van der Waals surface area contributed by atoms with E-state index in [1.165, 1.54) is 32.5 Å². The number of methoxy groups -OCH3 is 1. The Labute approximate surface area is 221 Å². The van der Waals surface area contributed by atoms with Crippen molar-refractivity contribution in [2.75, 3.05) is 66.0 Å². The first-order valence-corrected chi connectivity index (χ1v) is 14.1. The fourth-order valence-electron chi connectivity index (χ4n) is 5.61. The van der Waals surface area contributed by atoms with Crippen molar-refractivity contribution >= 4 is 16.7 Å². The molecular weight excluding hydrogens is 466 g/mol. The molecule has 0 saturated carbocycles. The van der Waals surface area contributed by atoms with Gasteiger partial charge in [-0.05, 0) is 51.9 Å². The first kappa shape index (κ1) is 27.5. The molecule has 0 atom stereocenters. The summed E-state index contributed by atoms with van der Waals surface area (Å²) in [6.07, 6.45) is 4.10. The van der Waals surface area contributed by atoms with Crippen molar-refractivity contribution in [1.29, 1.82) is 0 Å². The molecule has 3 aromatic heterocycles. The van der Waals surface area contributed by atoms with E-state index >= 15 is 0 Å². The van der Waals surface area contributed by atoms with Crippen molar-refractivity contribution in [1.82, 2.24) is 33.6 Å².